The summed E-state index contributed by atoms with van der Waals surface area (Å²) in [6, 6.07) is 8.26. The van der Waals surface area contributed by atoms with E-state index in [2.05, 4.69) is 29.3 Å². The third-order valence-corrected chi connectivity index (χ3v) is 3.06. The fourth-order valence-electron chi connectivity index (χ4n) is 1.28. The zero-order valence-corrected chi connectivity index (χ0v) is 9.27. The van der Waals surface area contributed by atoms with E-state index in [1.165, 1.54) is 22.5 Å². The van der Waals surface area contributed by atoms with Crippen LogP contribution in [0.1, 0.15) is 16.1 Å². The summed E-state index contributed by atoms with van der Waals surface area (Å²) in [5.41, 5.74) is 2.55. The molecule has 1 heterocycles. The van der Waals surface area contributed by atoms with Gasteiger partial charge in [0.2, 0.25) is 4.47 Å². The molecule has 0 N–H and O–H groups in total. The molecule has 0 atom stereocenters. The lowest BCUT2D eigenvalue weighted by Gasteiger charge is -2.01. The van der Waals surface area contributed by atoms with Crippen molar-refractivity contribution in [3.05, 3.63) is 44.9 Å². The van der Waals surface area contributed by atoms with Crippen molar-refractivity contribution in [2.24, 2.45) is 0 Å². The highest BCUT2D eigenvalue weighted by Gasteiger charge is 2.04. The minimum absolute atomic E-state index is 0.508. The SMILES string of the molecule is Cc1ccccc1Cc1nnc(Cl)s1. The zero-order valence-electron chi connectivity index (χ0n) is 7.70. The van der Waals surface area contributed by atoms with Crippen molar-refractivity contribution in [2.45, 2.75) is 13.3 Å². The van der Waals surface area contributed by atoms with E-state index >= 15 is 0 Å². The molecule has 2 rings (SSSR count). The second-order valence-electron chi connectivity index (χ2n) is 3.05. The van der Waals surface area contributed by atoms with Crippen molar-refractivity contribution in [3.63, 3.8) is 0 Å². The molecular weight excluding hydrogens is 216 g/mol. The maximum Gasteiger partial charge on any atom is 0.207 e. The first kappa shape index (κ1) is 9.62. The van der Waals surface area contributed by atoms with E-state index in [9.17, 15) is 0 Å². The van der Waals surface area contributed by atoms with Crippen LogP contribution in [-0.2, 0) is 6.42 Å². The van der Waals surface area contributed by atoms with E-state index < -0.39 is 0 Å². The molecule has 0 aliphatic rings. The van der Waals surface area contributed by atoms with Crippen LogP contribution in [0.15, 0.2) is 24.3 Å². The number of rotatable bonds is 2. The summed E-state index contributed by atoms with van der Waals surface area (Å²) in [7, 11) is 0. The monoisotopic (exact) mass is 224 g/mol. The fourth-order valence-corrected chi connectivity index (χ4v) is 2.17. The Balaban J connectivity index is 2.23. The Labute approximate surface area is 91.6 Å². The lowest BCUT2D eigenvalue weighted by molar-refractivity contribution is 0.998. The van der Waals surface area contributed by atoms with Crippen molar-refractivity contribution < 1.29 is 0 Å². The molecule has 14 heavy (non-hydrogen) atoms. The quantitative estimate of drug-likeness (QED) is 0.784. The van der Waals surface area contributed by atoms with Crippen LogP contribution >= 0.6 is 22.9 Å². The van der Waals surface area contributed by atoms with Crippen LogP contribution in [0.3, 0.4) is 0 Å². The van der Waals surface area contributed by atoms with E-state index in [0.29, 0.717) is 4.47 Å². The molecule has 0 radical (unpaired) electrons. The molecule has 0 aliphatic heterocycles. The maximum atomic E-state index is 5.71. The molecule has 0 unspecified atom stereocenters. The Bertz CT molecular complexity index is 439. The Morgan fingerprint density at radius 1 is 1.29 bits per heavy atom. The lowest BCUT2D eigenvalue weighted by Crippen LogP contribution is -1.90. The number of benzene rings is 1. The average Bonchev–Trinajstić information content (AvgIpc) is 2.56. The van der Waals surface area contributed by atoms with Crippen LogP contribution < -0.4 is 0 Å². The Morgan fingerprint density at radius 2 is 2.07 bits per heavy atom. The second kappa shape index (κ2) is 4.07. The van der Waals surface area contributed by atoms with Gasteiger partial charge in [0, 0.05) is 6.42 Å². The van der Waals surface area contributed by atoms with Gasteiger partial charge in [0.05, 0.1) is 0 Å². The van der Waals surface area contributed by atoms with Crippen molar-refractivity contribution in [3.8, 4) is 0 Å². The van der Waals surface area contributed by atoms with Gasteiger partial charge in [-0.3, -0.25) is 0 Å². The highest BCUT2D eigenvalue weighted by molar-refractivity contribution is 7.15. The molecule has 1 aromatic carbocycles. The Kier molecular flexibility index (Phi) is 2.79. The molecule has 2 nitrogen and oxygen atoms in total. The van der Waals surface area contributed by atoms with Gasteiger partial charge in [0.1, 0.15) is 5.01 Å². The minimum Gasteiger partial charge on any atom is -0.142 e. The summed E-state index contributed by atoms with van der Waals surface area (Å²) >= 11 is 7.15. The summed E-state index contributed by atoms with van der Waals surface area (Å²) < 4.78 is 0.508. The van der Waals surface area contributed by atoms with Crippen LogP contribution in [0.25, 0.3) is 0 Å². The van der Waals surface area contributed by atoms with Gasteiger partial charge in [0.15, 0.2) is 0 Å². The van der Waals surface area contributed by atoms with Crippen LogP contribution in [0, 0.1) is 6.92 Å². The van der Waals surface area contributed by atoms with Gasteiger partial charge in [-0.1, -0.05) is 35.6 Å². The van der Waals surface area contributed by atoms with Crippen molar-refractivity contribution in [2.75, 3.05) is 0 Å². The number of nitrogens with zero attached hydrogens (tertiary/aromatic N) is 2. The highest BCUT2D eigenvalue weighted by Crippen LogP contribution is 2.19. The molecule has 0 amide bonds. The van der Waals surface area contributed by atoms with E-state index in [1.54, 1.807) is 0 Å². The zero-order chi connectivity index (χ0) is 9.97. The molecule has 72 valence electrons. The van der Waals surface area contributed by atoms with Crippen molar-refractivity contribution >= 4 is 22.9 Å². The summed E-state index contributed by atoms with van der Waals surface area (Å²) in [6.45, 7) is 2.10. The third kappa shape index (κ3) is 2.11. The Hall–Kier alpha value is -0.930. The van der Waals surface area contributed by atoms with Gasteiger partial charge in [-0.15, -0.1) is 10.2 Å². The number of halogens is 1. The van der Waals surface area contributed by atoms with Crippen LogP contribution in [0.5, 0.6) is 0 Å². The van der Waals surface area contributed by atoms with Crippen LogP contribution in [-0.4, -0.2) is 10.2 Å². The van der Waals surface area contributed by atoms with Crippen molar-refractivity contribution in [1.82, 2.24) is 10.2 Å². The maximum absolute atomic E-state index is 5.71. The van der Waals surface area contributed by atoms with Crippen LogP contribution in [0.4, 0.5) is 0 Å². The lowest BCUT2D eigenvalue weighted by atomic mass is 10.1. The minimum atomic E-state index is 0.508. The molecule has 0 saturated carbocycles. The number of hydrogen-bond donors (Lipinski definition) is 0. The normalized spacial score (nSPS) is 10.4. The summed E-state index contributed by atoms with van der Waals surface area (Å²) in [4.78, 5) is 0. The number of hydrogen-bond acceptors (Lipinski definition) is 3. The molecule has 0 saturated heterocycles. The average molecular weight is 225 g/mol. The topological polar surface area (TPSA) is 25.8 Å². The smallest absolute Gasteiger partial charge is 0.142 e. The molecule has 0 spiro atoms. The van der Waals surface area contributed by atoms with Gasteiger partial charge in [-0.05, 0) is 29.7 Å². The number of aromatic nitrogens is 2. The van der Waals surface area contributed by atoms with Crippen molar-refractivity contribution in [1.29, 1.82) is 0 Å². The first-order chi connectivity index (χ1) is 6.75. The summed E-state index contributed by atoms with van der Waals surface area (Å²) in [5.74, 6) is 0. The van der Waals surface area contributed by atoms with E-state index in [0.717, 1.165) is 11.4 Å². The van der Waals surface area contributed by atoms with Gasteiger partial charge < -0.3 is 0 Å². The predicted molar refractivity (Wildman–Crippen MR) is 58.9 cm³/mol. The first-order valence-electron chi connectivity index (χ1n) is 4.28. The highest BCUT2D eigenvalue weighted by atomic mass is 35.5. The van der Waals surface area contributed by atoms with E-state index in [4.69, 9.17) is 11.6 Å². The third-order valence-electron chi connectivity index (χ3n) is 2.05. The molecule has 2 aromatic rings. The summed E-state index contributed by atoms with van der Waals surface area (Å²) in [6.07, 6.45) is 0.817. The largest absolute Gasteiger partial charge is 0.207 e. The fraction of sp³-hybridized carbons (Fsp3) is 0.200. The van der Waals surface area contributed by atoms with Gasteiger partial charge >= 0.3 is 0 Å². The molecular formula is C10H9ClN2S. The molecule has 0 bridgehead atoms. The molecule has 0 fully saturated rings. The summed E-state index contributed by atoms with van der Waals surface area (Å²) in [5, 5.41) is 8.73. The molecule has 0 aliphatic carbocycles. The number of aryl methyl sites for hydroxylation is 1. The van der Waals surface area contributed by atoms with Gasteiger partial charge in [0.25, 0.3) is 0 Å². The first-order valence-corrected chi connectivity index (χ1v) is 5.47. The molecule has 1 aromatic heterocycles. The standard InChI is InChI=1S/C10H9ClN2S/c1-7-4-2-3-5-8(7)6-9-12-13-10(11)14-9/h2-5H,6H2,1H3. The van der Waals surface area contributed by atoms with Crippen LogP contribution in [0.2, 0.25) is 4.47 Å². The molecule has 4 heteroatoms. The second-order valence-corrected chi connectivity index (χ2v) is 4.70. The Morgan fingerprint density at radius 3 is 2.71 bits per heavy atom. The van der Waals surface area contributed by atoms with Gasteiger partial charge in [-0.25, -0.2) is 0 Å². The predicted octanol–water partition coefficient (Wildman–Crippen LogP) is 3.09. The van der Waals surface area contributed by atoms with E-state index in [-0.39, 0.29) is 0 Å². The van der Waals surface area contributed by atoms with E-state index in [1.807, 2.05) is 12.1 Å². The van der Waals surface area contributed by atoms with Gasteiger partial charge in [-0.2, -0.15) is 0 Å².